The molecule has 0 unspecified atom stereocenters. The number of aliphatic carboxylic acids is 1. The summed E-state index contributed by atoms with van der Waals surface area (Å²) in [4.78, 5) is 20.3. The number of nitrogens with one attached hydrogen (secondary N) is 1. The Morgan fingerprint density at radius 2 is 1.88 bits per heavy atom. The predicted octanol–water partition coefficient (Wildman–Crippen LogP) is 1.48. The quantitative estimate of drug-likeness (QED) is 0.545. The average molecular weight is 239 g/mol. The molecule has 0 radical (unpaired) electrons. The van der Waals surface area contributed by atoms with Crippen LogP contribution in [0.25, 0.3) is 0 Å². The first kappa shape index (κ1) is 14.5. The smallest absolute Gasteiger partial charge is 0.471 e. The molecule has 16 heavy (non-hydrogen) atoms. The maximum atomic E-state index is 11.7. The van der Waals surface area contributed by atoms with E-state index >= 15 is 0 Å². The van der Waals surface area contributed by atoms with E-state index < -0.39 is 18.1 Å². The van der Waals surface area contributed by atoms with Crippen LogP contribution in [0.1, 0.15) is 19.3 Å². The molecule has 0 fully saturated rings. The molecule has 0 saturated heterocycles. The molecule has 0 aromatic rings. The Hall–Kier alpha value is -1.53. The fourth-order valence-corrected chi connectivity index (χ4v) is 0.873. The molecule has 0 aliphatic carbocycles. The van der Waals surface area contributed by atoms with Gasteiger partial charge in [0.05, 0.1) is 0 Å². The lowest BCUT2D eigenvalue weighted by atomic mass is 10.2. The van der Waals surface area contributed by atoms with Gasteiger partial charge < -0.3 is 10.4 Å². The number of halogens is 3. The zero-order valence-corrected chi connectivity index (χ0v) is 8.38. The van der Waals surface area contributed by atoms with Crippen molar-refractivity contribution in [1.82, 2.24) is 5.32 Å². The minimum absolute atomic E-state index is 0.0702. The summed E-state index contributed by atoms with van der Waals surface area (Å²) in [6.45, 7) is -0.0702. The number of hydrogen-bond acceptors (Lipinski definition) is 2. The molecule has 0 aromatic carbocycles. The third-order valence-corrected chi connectivity index (χ3v) is 1.60. The Kier molecular flexibility index (Phi) is 6.21. The van der Waals surface area contributed by atoms with E-state index in [1.54, 1.807) is 5.32 Å². The molecule has 2 N–H and O–H groups in total. The molecular formula is C9H12F3NO3. The van der Waals surface area contributed by atoms with Crippen molar-refractivity contribution in [3.63, 3.8) is 0 Å². The zero-order valence-electron chi connectivity index (χ0n) is 8.38. The van der Waals surface area contributed by atoms with Crippen LogP contribution >= 0.6 is 0 Å². The molecule has 0 aliphatic heterocycles. The maximum Gasteiger partial charge on any atom is 0.471 e. The second-order valence-corrected chi connectivity index (χ2v) is 2.99. The van der Waals surface area contributed by atoms with Gasteiger partial charge in [-0.3, -0.25) is 4.79 Å². The van der Waals surface area contributed by atoms with Gasteiger partial charge in [-0.2, -0.15) is 13.2 Å². The molecular weight excluding hydrogens is 227 g/mol. The second-order valence-electron chi connectivity index (χ2n) is 2.99. The normalized spacial score (nSPS) is 11.7. The van der Waals surface area contributed by atoms with Gasteiger partial charge >= 0.3 is 18.1 Å². The minimum Gasteiger partial charge on any atom is -0.478 e. The Labute approximate surface area is 90.1 Å². The van der Waals surface area contributed by atoms with Crippen molar-refractivity contribution >= 4 is 11.9 Å². The van der Waals surface area contributed by atoms with E-state index in [1.165, 1.54) is 6.08 Å². The van der Waals surface area contributed by atoms with Crippen LogP contribution in [0.3, 0.4) is 0 Å². The largest absolute Gasteiger partial charge is 0.478 e. The van der Waals surface area contributed by atoms with E-state index in [1.807, 2.05) is 0 Å². The predicted molar refractivity (Wildman–Crippen MR) is 49.7 cm³/mol. The molecule has 7 heteroatoms. The summed E-state index contributed by atoms with van der Waals surface area (Å²) in [5.41, 5.74) is 0. The summed E-state index contributed by atoms with van der Waals surface area (Å²) in [5.74, 6) is -3.01. The zero-order chi connectivity index (χ0) is 12.6. The van der Waals surface area contributed by atoms with E-state index in [4.69, 9.17) is 5.11 Å². The number of carboxylic acid groups (broad SMARTS) is 1. The lowest BCUT2D eigenvalue weighted by Crippen LogP contribution is -2.37. The van der Waals surface area contributed by atoms with Crippen molar-refractivity contribution in [3.8, 4) is 0 Å². The van der Waals surface area contributed by atoms with Crippen molar-refractivity contribution in [2.24, 2.45) is 0 Å². The average Bonchev–Trinajstić information content (AvgIpc) is 2.14. The number of alkyl halides is 3. The number of carboxylic acids is 1. The summed E-state index contributed by atoms with van der Waals surface area (Å²) in [5, 5.41) is 9.93. The minimum atomic E-state index is -4.84. The molecule has 0 bridgehead atoms. The van der Waals surface area contributed by atoms with Crippen LogP contribution < -0.4 is 5.32 Å². The first-order valence-electron chi connectivity index (χ1n) is 4.58. The third-order valence-electron chi connectivity index (χ3n) is 1.60. The van der Waals surface area contributed by atoms with E-state index in [0.29, 0.717) is 19.3 Å². The number of amides is 1. The van der Waals surface area contributed by atoms with E-state index in [-0.39, 0.29) is 6.54 Å². The lowest BCUT2D eigenvalue weighted by molar-refractivity contribution is -0.173. The highest BCUT2D eigenvalue weighted by atomic mass is 19.4. The maximum absolute atomic E-state index is 11.7. The topological polar surface area (TPSA) is 66.4 Å². The molecule has 0 heterocycles. The van der Waals surface area contributed by atoms with Crippen LogP contribution in [-0.4, -0.2) is 29.7 Å². The van der Waals surface area contributed by atoms with Gasteiger partial charge in [-0.1, -0.05) is 6.08 Å². The third kappa shape index (κ3) is 7.84. The van der Waals surface area contributed by atoms with Crippen molar-refractivity contribution in [3.05, 3.63) is 12.2 Å². The fourth-order valence-electron chi connectivity index (χ4n) is 0.873. The van der Waals surface area contributed by atoms with E-state index in [0.717, 1.165) is 6.08 Å². The second kappa shape index (κ2) is 6.86. The first-order chi connectivity index (χ1) is 7.34. The van der Waals surface area contributed by atoms with Gasteiger partial charge in [-0.25, -0.2) is 4.79 Å². The first-order valence-corrected chi connectivity index (χ1v) is 4.58. The van der Waals surface area contributed by atoms with Crippen LogP contribution in [0.5, 0.6) is 0 Å². The monoisotopic (exact) mass is 239 g/mol. The standard InChI is InChI=1S/C9H12F3NO3/c10-9(11,12)8(16)13-6-4-2-1-3-5-7(14)15/h3,5H,1-2,4,6H2,(H,13,16)(H,14,15)/b5-3+. The number of carbonyl (C=O) groups is 2. The Morgan fingerprint density at radius 3 is 2.38 bits per heavy atom. The highest BCUT2D eigenvalue weighted by molar-refractivity contribution is 5.81. The van der Waals surface area contributed by atoms with Crippen molar-refractivity contribution in [2.75, 3.05) is 6.54 Å². The SMILES string of the molecule is O=C(O)/C=C/CCCCNC(=O)C(F)(F)F. The van der Waals surface area contributed by atoms with Gasteiger partial charge in [0.2, 0.25) is 0 Å². The van der Waals surface area contributed by atoms with Gasteiger partial charge in [0.1, 0.15) is 0 Å². The molecule has 1 amide bonds. The highest BCUT2D eigenvalue weighted by Crippen LogP contribution is 2.13. The van der Waals surface area contributed by atoms with Crippen molar-refractivity contribution in [2.45, 2.75) is 25.4 Å². The van der Waals surface area contributed by atoms with Gasteiger partial charge in [-0.05, 0) is 19.3 Å². The molecule has 0 rings (SSSR count). The summed E-state index contributed by atoms with van der Waals surface area (Å²) < 4.78 is 35.0. The Morgan fingerprint density at radius 1 is 1.25 bits per heavy atom. The van der Waals surface area contributed by atoms with Gasteiger partial charge in [-0.15, -0.1) is 0 Å². The molecule has 0 spiro atoms. The van der Waals surface area contributed by atoms with Crippen LogP contribution in [0.15, 0.2) is 12.2 Å². The molecule has 0 saturated carbocycles. The van der Waals surface area contributed by atoms with E-state index in [9.17, 15) is 22.8 Å². The lowest BCUT2D eigenvalue weighted by Gasteiger charge is -2.06. The van der Waals surface area contributed by atoms with Crippen molar-refractivity contribution in [1.29, 1.82) is 0 Å². The van der Waals surface area contributed by atoms with Crippen LogP contribution in [0.4, 0.5) is 13.2 Å². The summed E-state index contributed by atoms with van der Waals surface area (Å²) in [6, 6.07) is 0. The molecule has 0 atom stereocenters. The van der Waals surface area contributed by atoms with E-state index in [2.05, 4.69) is 0 Å². The number of allylic oxidation sites excluding steroid dienone is 1. The van der Waals surface area contributed by atoms with Gasteiger partial charge in [0, 0.05) is 12.6 Å². The summed E-state index contributed by atoms with van der Waals surface area (Å²) in [7, 11) is 0. The Bertz CT molecular complexity index is 274. The van der Waals surface area contributed by atoms with Crippen LogP contribution in [0.2, 0.25) is 0 Å². The number of carbonyl (C=O) groups excluding carboxylic acids is 1. The molecule has 0 aromatic heterocycles. The molecule has 92 valence electrons. The number of rotatable bonds is 6. The fraction of sp³-hybridized carbons (Fsp3) is 0.556. The van der Waals surface area contributed by atoms with Crippen molar-refractivity contribution < 1.29 is 27.9 Å². The summed E-state index contributed by atoms with van der Waals surface area (Å²) in [6.07, 6.45) is -1.13. The molecule has 0 aliphatic rings. The molecule has 4 nitrogen and oxygen atoms in total. The van der Waals surface area contributed by atoms with Crippen LogP contribution in [-0.2, 0) is 9.59 Å². The number of hydrogen-bond donors (Lipinski definition) is 2. The summed E-state index contributed by atoms with van der Waals surface area (Å²) >= 11 is 0. The van der Waals surface area contributed by atoms with Gasteiger partial charge in [0.25, 0.3) is 0 Å². The van der Waals surface area contributed by atoms with Gasteiger partial charge in [0.15, 0.2) is 0 Å². The Balaban J connectivity index is 3.48. The number of unbranched alkanes of at least 4 members (excludes halogenated alkanes) is 2. The highest BCUT2D eigenvalue weighted by Gasteiger charge is 2.37. The van der Waals surface area contributed by atoms with Crippen LogP contribution in [0, 0.1) is 0 Å².